The molecule has 4 nitrogen and oxygen atoms in total. The summed E-state index contributed by atoms with van der Waals surface area (Å²) in [6.07, 6.45) is 2.08. The van der Waals surface area contributed by atoms with Crippen LogP contribution in [0.25, 0.3) is 0 Å². The number of rotatable bonds is 5. The van der Waals surface area contributed by atoms with Gasteiger partial charge in [0.2, 0.25) is 0 Å². The van der Waals surface area contributed by atoms with E-state index in [0.29, 0.717) is 6.54 Å². The summed E-state index contributed by atoms with van der Waals surface area (Å²) < 4.78 is 0. The molecule has 0 aliphatic rings. The first-order chi connectivity index (χ1) is 6.76. The second-order valence-electron chi connectivity index (χ2n) is 3.44. The Kier molecular flexibility index (Phi) is 4.32. The molecule has 0 bridgehead atoms. The van der Waals surface area contributed by atoms with Gasteiger partial charge in [0, 0.05) is 12.6 Å². The summed E-state index contributed by atoms with van der Waals surface area (Å²) in [6.45, 7) is 4.74. The monoisotopic (exact) mass is 194 g/mol. The Balaban J connectivity index is 2.54. The standard InChI is InChI=1S/C10H18N4/c1-3-4-9-5-6-10(14-13-9)12-8(2)7-11/h5-6,8H,3-4,7,11H2,1-2H3,(H,12,14). The molecule has 0 fully saturated rings. The van der Waals surface area contributed by atoms with Crippen molar-refractivity contribution >= 4 is 5.82 Å². The zero-order valence-electron chi connectivity index (χ0n) is 8.83. The van der Waals surface area contributed by atoms with Crippen LogP contribution < -0.4 is 11.1 Å². The van der Waals surface area contributed by atoms with Gasteiger partial charge in [-0.1, -0.05) is 13.3 Å². The van der Waals surface area contributed by atoms with Crippen LogP contribution >= 0.6 is 0 Å². The minimum absolute atomic E-state index is 0.237. The van der Waals surface area contributed by atoms with Crippen LogP contribution in [0.5, 0.6) is 0 Å². The van der Waals surface area contributed by atoms with Gasteiger partial charge in [-0.05, 0) is 25.5 Å². The molecule has 1 rings (SSSR count). The van der Waals surface area contributed by atoms with Crippen molar-refractivity contribution < 1.29 is 0 Å². The maximum Gasteiger partial charge on any atom is 0.148 e. The molecule has 4 heteroatoms. The molecular weight excluding hydrogens is 176 g/mol. The van der Waals surface area contributed by atoms with E-state index in [1.807, 2.05) is 19.1 Å². The molecule has 1 unspecified atom stereocenters. The maximum absolute atomic E-state index is 5.49. The van der Waals surface area contributed by atoms with E-state index in [1.54, 1.807) is 0 Å². The van der Waals surface area contributed by atoms with E-state index in [4.69, 9.17) is 5.73 Å². The molecule has 1 atom stereocenters. The van der Waals surface area contributed by atoms with Crippen molar-refractivity contribution in [2.45, 2.75) is 32.7 Å². The molecule has 1 aromatic heterocycles. The third-order valence-electron chi connectivity index (χ3n) is 1.97. The lowest BCUT2D eigenvalue weighted by Gasteiger charge is -2.11. The average molecular weight is 194 g/mol. The summed E-state index contributed by atoms with van der Waals surface area (Å²) in [5, 5.41) is 11.3. The fraction of sp³-hybridized carbons (Fsp3) is 0.600. The number of hydrogen-bond acceptors (Lipinski definition) is 4. The minimum Gasteiger partial charge on any atom is -0.365 e. The highest BCUT2D eigenvalue weighted by Crippen LogP contribution is 2.04. The predicted octanol–water partition coefficient (Wildman–Crippen LogP) is 1.19. The normalized spacial score (nSPS) is 12.5. The number of aromatic nitrogens is 2. The number of nitrogens with zero attached hydrogens (tertiary/aromatic N) is 2. The molecular formula is C10H18N4. The fourth-order valence-electron chi connectivity index (χ4n) is 1.14. The molecule has 1 aromatic rings. The molecule has 0 spiro atoms. The molecule has 78 valence electrons. The van der Waals surface area contributed by atoms with Gasteiger partial charge in [-0.2, -0.15) is 5.10 Å². The predicted molar refractivity (Wildman–Crippen MR) is 58.2 cm³/mol. The molecule has 0 radical (unpaired) electrons. The molecule has 0 aromatic carbocycles. The first-order valence-corrected chi connectivity index (χ1v) is 5.05. The SMILES string of the molecule is CCCc1ccc(NC(C)CN)nn1. The van der Waals surface area contributed by atoms with Gasteiger partial charge in [0.15, 0.2) is 0 Å². The average Bonchev–Trinajstić information content (AvgIpc) is 2.21. The van der Waals surface area contributed by atoms with E-state index in [-0.39, 0.29) is 6.04 Å². The smallest absolute Gasteiger partial charge is 0.148 e. The number of nitrogens with two attached hydrogens (primary N) is 1. The van der Waals surface area contributed by atoms with Crippen molar-refractivity contribution in [3.8, 4) is 0 Å². The minimum atomic E-state index is 0.237. The van der Waals surface area contributed by atoms with Gasteiger partial charge in [0.05, 0.1) is 5.69 Å². The van der Waals surface area contributed by atoms with Gasteiger partial charge < -0.3 is 11.1 Å². The summed E-state index contributed by atoms with van der Waals surface area (Å²) >= 11 is 0. The molecule has 1 heterocycles. The van der Waals surface area contributed by atoms with E-state index in [0.717, 1.165) is 24.4 Å². The van der Waals surface area contributed by atoms with Crippen LogP contribution in [0.2, 0.25) is 0 Å². The Hall–Kier alpha value is -1.16. The summed E-state index contributed by atoms with van der Waals surface area (Å²) in [7, 11) is 0. The highest BCUT2D eigenvalue weighted by Gasteiger charge is 2.00. The lowest BCUT2D eigenvalue weighted by atomic mass is 10.2. The van der Waals surface area contributed by atoms with Gasteiger partial charge >= 0.3 is 0 Å². The number of anilines is 1. The van der Waals surface area contributed by atoms with Crippen molar-refractivity contribution in [2.24, 2.45) is 5.73 Å². The quantitative estimate of drug-likeness (QED) is 0.739. The van der Waals surface area contributed by atoms with Crippen molar-refractivity contribution in [3.63, 3.8) is 0 Å². The zero-order valence-corrected chi connectivity index (χ0v) is 8.83. The van der Waals surface area contributed by atoms with Crippen LogP contribution in [0.1, 0.15) is 26.0 Å². The van der Waals surface area contributed by atoms with Crippen LogP contribution in [0.3, 0.4) is 0 Å². The summed E-state index contributed by atoms with van der Waals surface area (Å²) in [4.78, 5) is 0. The molecule has 3 N–H and O–H groups in total. The molecule has 0 saturated heterocycles. The van der Waals surface area contributed by atoms with Crippen LogP contribution in [0, 0.1) is 0 Å². The maximum atomic E-state index is 5.49. The second-order valence-corrected chi connectivity index (χ2v) is 3.44. The highest BCUT2D eigenvalue weighted by molar-refractivity contribution is 5.34. The summed E-state index contributed by atoms with van der Waals surface area (Å²) in [6, 6.07) is 4.19. The Labute approximate surface area is 84.9 Å². The molecule has 0 aliphatic carbocycles. The Bertz CT molecular complexity index is 257. The number of hydrogen-bond donors (Lipinski definition) is 2. The Morgan fingerprint density at radius 1 is 1.43 bits per heavy atom. The number of nitrogens with one attached hydrogen (secondary N) is 1. The second kappa shape index (κ2) is 5.54. The topological polar surface area (TPSA) is 63.8 Å². The Morgan fingerprint density at radius 3 is 2.71 bits per heavy atom. The van der Waals surface area contributed by atoms with Crippen molar-refractivity contribution in [2.75, 3.05) is 11.9 Å². The molecule has 0 aliphatic heterocycles. The van der Waals surface area contributed by atoms with Crippen LogP contribution in [-0.2, 0) is 6.42 Å². The number of aryl methyl sites for hydroxylation is 1. The first-order valence-electron chi connectivity index (χ1n) is 5.05. The van der Waals surface area contributed by atoms with Crippen LogP contribution in [0.4, 0.5) is 5.82 Å². The van der Waals surface area contributed by atoms with Crippen LogP contribution in [-0.4, -0.2) is 22.8 Å². The van der Waals surface area contributed by atoms with E-state index < -0.39 is 0 Å². The van der Waals surface area contributed by atoms with Gasteiger partial charge in [0.1, 0.15) is 5.82 Å². The van der Waals surface area contributed by atoms with Crippen LogP contribution in [0.15, 0.2) is 12.1 Å². The third kappa shape index (κ3) is 3.30. The van der Waals surface area contributed by atoms with E-state index in [9.17, 15) is 0 Å². The third-order valence-corrected chi connectivity index (χ3v) is 1.97. The van der Waals surface area contributed by atoms with Gasteiger partial charge in [-0.25, -0.2) is 0 Å². The lowest BCUT2D eigenvalue weighted by molar-refractivity contribution is 0.782. The lowest BCUT2D eigenvalue weighted by Crippen LogP contribution is -2.25. The highest BCUT2D eigenvalue weighted by atomic mass is 15.2. The van der Waals surface area contributed by atoms with Crippen molar-refractivity contribution in [3.05, 3.63) is 17.8 Å². The molecule has 0 saturated carbocycles. The van der Waals surface area contributed by atoms with E-state index in [2.05, 4.69) is 22.4 Å². The fourth-order valence-corrected chi connectivity index (χ4v) is 1.14. The summed E-state index contributed by atoms with van der Waals surface area (Å²) in [5.41, 5.74) is 6.53. The molecule has 0 amide bonds. The molecule has 14 heavy (non-hydrogen) atoms. The van der Waals surface area contributed by atoms with Gasteiger partial charge in [-0.15, -0.1) is 5.10 Å². The van der Waals surface area contributed by atoms with E-state index in [1.165, 1.54) is 0 Å². The van der Waals surface area contributed by atoms with Gasteiger partial charge in [-0.3, -0.25) is 0 Å². The van der Waals surface area contributed by atoms with Gasteiger partial charge in [0.25, 0.3) is 0 Å². The Morgan fingerprint density at radius 2 is 2.21 bits per heavy atom. The first kappa shape index (κ1) is 10.9. The largest absolute Gasteiger partial charge is 0.365 e. The van der Waals surface area contributed by atoms with Crippen molar-refractivity contribution in [1.29, 1.82) is 0 Å². The van der Waals surface area contributed by atoms with E-state index >= 15 is 0 Å². The van der Waals surface area contributed by atoms with Crippen molar-refractivity contribution in [1.82, 2.24) is 10.2 Å². The summed E-state index contributed by atoms with van der Waals surface area (Å²) in [5.74, 6) is 0.794. The zero-order chi connectivity index (χ0) is 10.4.